The van der Waals surface area contributed by atoms with Crippen molar-refractivity contribution in [1.29, 1.82) is 5.26 Å². The van der Waals surface area contributed by atoms with E-state index >= 15 is 0 Å². The Balaban J connectivity index is 2.03. The van der Waals surface area contributed by atoms with E-state index < -0.39 is 34.0 Å². The van der Waals surface area contributed by atoms with Gasteiger partial charge in [-0.05, 0) is 44.9 Å². The van der Waals surface area contributed by atoms with Crippen molar-refractivity contribution in [3.05, 3.63) is 29.8 Å². The van der Waals surface area contributed by atoms with Gasteiger partial charge in [-0.2, -0.15) is 9.57 Å². The number of amides is 1. The zero-order valence-corrected chi connectivity index (χ0v) is 17.8. The molecule has 0 heterocycles. The molecule has 2 rings (SSSR count). The normalized spacial score (nSPS) is 16.3. The van der Waals surface area contributed by atoms with E-state index in [9.17, 15) is 23.3 Å². The molecular formula is C20H27N3O5S. The zero-order chi connectivity index (χ0) is 21.7. The van der Waals surface area contributed by atoms with Crippen LogP contribution in [0.5, 0.6) is 0 Å². The van der Waals surface area contributed by atoms with Crippen LogP contribution in [0.15, 0.2) is 29.2 Å². The van der Waals surface area contributed by atoms with Gasteiger partial charge in [-0.3, -0.25) is 4.79 Å². The maximum atomic E-state index is 12.6. The fourth-order valence-electron chi connectivity index (χ4n) is 3.16. The van der Waals surface area contributed by atoms with Gasteiger partial charge in [0, 0.05) is 13.1 Å². The number of ether oxygens (including phenoxy) is 1. The third-order valence-corrected chi connectivity index (χ3v) is 7.14. The standard InChI is InChI=1S/C20H27N3O5S/c1-15(2)23(3)29(26,27)17-9-7-8-16(12-17)19(25)28-13-18(24)22-20(14-21)10-5-4-6-11-20/h7-9,12,15H,4-6,10-11,13H2,1-3H3,(H,22,24). The summed E-state index contributed by atoms with van der Waals surface area (Å²) in [6.07, 6.45) is 3.90. The van der Waals surface area contributed by atoms with Gasteiger partial charge in [0.25, 0.3) is 5.91 Å². The predicted octanol–water partition coefficient (Wildman–Crippen LogP) is 2.21. The van der Waals surface area contributed by atoms with Gasteiger partial charge in [0.2, 0.25) is 10.0 Å². The SMILES string of the molecule is CC(C)N(C)S(=O)(=O)c1cccc(C(=O)OCC(=O)NC2(C#N)CCCCC2)c1. The van der Waals surface area contributed by atoms with E-state index in [0.717, 1.165) is 19.3 Å². The molecule has 0 atom stereocenters. The highest BCUT2D eigenvalue weighted by atomic mass is 32.2. The summed E-state index contributed by atoms with van der Waals surface area (Å²) in [7, 11) is -2.28. The quantitative estimate of drug-likeness (QED) is 0.675. The summed E-state index contributed by atoms with van der Waals surface area (Å²) < 4.78 is 31.4. The van der Waals surface area contributed by atoms with Gasteiger partial charge >= 0.3 is 5.97 Å². The van der Waals surface area contributed by atoms with E-state index in [4.69, 9.17) is 4.74 Å². The first-order valence-electron chi connectivity index (χ1n) is 9.59. The molecule has 1 aromatic carbocycles. The zero-order valence-electron chi connectivity index (χ0n) is 17.0. The molecule has 0 aliphatic heterocycles. The Kier molecular flexibility index (Phi) is 7.38. The number of hydrogen-bond donors (Lipinski definition) is 1. The molecule has 1 aromatic rings. The van der Waals surface area contributed by atoms with Crippen molar-refractivity contribution in [2.24, 2.45) is 0 Å². The number of benzene rings is 1. The number of nitrogens with zero attached hydrogens (tertiary/aromatic N) is 2. The minimum atomic E-state index is -3.75. The van der Waals surface area contributed by atoms with E-state index in [1.165, 1.54) is 35.6 Å². The monoisotopic (exact) mass is 421 g/mol. The lowest BCUT2D eigenvalue weighted by Gasteiger charge is -2.31. The topological polar surface area (TPSA) is 117 Å². The Bertz CT molecular complexity index is 899. The first-order chi connectivity index (χ1) is 13.6. The van der Waals surface area contributed by atoms with E-state index in [0.29, 0.717) is 12.8 Å². The number of hydrogen-bond acceptors (Lipinski definition) is 6. The second-order valence-corrected chi connectivity index (χ2v) is 9.52. The average Bonchev–Trinajstić information content (AvgIpc) is 2.72. The van der Waals surface area contributed by atoms with Crippen LogP contribution in [0.25, 0.3) is 0 Å². The summed E-state index contributed by atoms with van der Waals surface area (Å²) in [6.45, 7) is 2.95. The highest BCUT2D eigenvalue weighted by molar-refractivity contribution is 7.89. The van der Waals surface area contributed by atoms with Gasteiger partial charge in [-0.25, -0.2) is 13.2 Å². The lowest BCUT2D eigenvalue weighted by Crippen LogP contribution is -2.50. The minimum absolute atomic E-state index is 0.0294. The summed E-state index contributed by atoms with van der Waals surface area (Å²) in [5.74, 6) is -1.36. The molecular weight excluding hydrogens is 394 g/mol. The third-order valence-electron chi connectivity index (χ3n) is 5.11. The molecule has 1 aliphatic rings. The Labute approximate surface area is 171 Å². The molecule has 0 saturated heterocycles. The highest BCUT2D eigenvalue weighted by Gasteiger charge is 2.33. The average molecular weight is 422 g/mol. The van der Waals surface area contributed by atoms with Gasteiger partial charge < -0.3 is 10.1 Å². The largest absolute Gasteiger partial charge is 0.452 e. The molecule has 1 aliphatic carbocycles. The molecule has 0 radical (unpaired) electrons. The van der Waals surface area contributed by atoms with E-state index in [-0.39, 0.29) is 16.5 Å². The molecule has 29 heavy (non-hydrogen) atoms. The van der Waals surface area contributed by atoms with Crippen LogP contribution >= 0.6 is 0 Å². The van der Waals surface area contributed by atoms with Crippen LogP contribution in [-0.4, -0.2) is 49.8 Å². The van der Waals surface area contributed by atoms with Gasteiger partial charge in [-0.1, -0.05) is 25.3 Å². The molecule has 0 bridgehead atoms. The molecule has 1 saturated carbocycles. The summed E-state index contributed by atoms with van der Waals surface area (Å²) in [6, 6.07) is 7.42. The fraction of sp³-hybridized carbons (Fsp3) is 0.550. The minimum Gasteiger partial charge on any atom is -0.452 e. The van der Waals surface area contributed by atoms with Crippen molar-refractivity contribution in [2.45, 2.75) is 62.4 Å². The van der Waals surface area contributed by atoms with Crippen LogP contribution in [0.2, 0.25) is 0 Å². The Hall–Kier alpha value is -2.44. The van der Waals surface area contributed by atoms with Crippen LogP contribution in [0.3, 0.4) is 0 Å². The first kappa shape index (κ1) is 22.8. The number of sulfonamides is 1. The molecule has 0 unspecified atom stereocenters. The van der Waals surface area contributed by atoms with Crippen molar-refractivity contribution >= 4 is 21.9 Å². The van der Waals surface area contributed by atoms with Crippen LogP contribution in [0, 0.1) is 11.3 Å². The predicted molar refractivity (Wildman–Crippen MR) is 106 cm³/mol. The molecule has 1 N–H and O–H groups in total. The fourth-order valence-corrected chi connectivity index (χ4v) is 4.58. The lowest BCUT2D eigenvalue weighted by atomic mass is 9.83. The van der Waals surface area contributed by atoms with Gasteiger partial charge in [0.1, 0.15) is 5.54 Å². The van der Waals surface area contributed by atoms with Crippen molar-refractivity contribution in [3.8, 4) is 6.07 Å². The molecule has 8 nitrogen and oxygen atoms in total. The lowest BCUT2D eigenvalue weighted by molar-refractivity contribution is -0.125. The molecule has 1 fully saturated rings. The number of carbonyl (C=O) groups is 2. The number of rotatable bonds is 7. The first-order valence-corrected chi connectivity index (χ1v) is 11.0. The van der Waals surface area contributed by atoms with Gasteiger partial charge in [0.05, 0.1) is 16.5 Å². The van der Waals surface area contributed by atoms with Crippen LogP contribution in [0.4, 0.5) is 0 Å². The maximum Gasteiger partial charge on any atom is 0.338 e. The number of carbonyl (C=O) groups excluding carboxylic acids is 2. The molecule has 158 valence electrons. The number of esters is 1. The van der Waals surface area contributed by atoms with Gasteiger partial charge in [0.15, 0.2) is 6.61 Å². The van der Waals surface area contributed by atoms with Crippen molar-refractivity contribution < 1.29 is 22.7 Å². The molecule has 9 heteroatoms. The summed E-state index contributed by atoms with van der Waals surface area (Å²) >= 11 is 0. The van der Waals surface area contributed by atoms with Crippen molar-refractivity contribution in [3.63, 3.8) is 0 Å². The number of nitriles is 1. The number of nitrogens with one attached hydrogen (secondary N) is 1. The van der Waals surface area contributed by atoms with Crippen molar-refractivity contribution in [1.82, 2.24) is 9.62 Å². The van der Waals surface area contributed by atoms with E-state index in [1.807, 2.05) is 0 Å². The molecule has 1 amide bonds. The van der Waals surface area contributed by atoms with Crippen LogP contribution in [0.1, 0.15) is 56.3 Å². The van der Waals surface area contributed by atoms with Crippen LogP contribution < -0.4 is 5.32 Å². The van der Waals surface area contributed by atoms with Gasteiger partial charge in [-0.15, -0.1) is 0 Å². The summed E-state index contributed by atoms with van der Waals surface area (Å²) in [5, 5.41) is 12.1. The third kappa shape index (κ3) is 5.55. The Morgan fingerprint density at radius 2 is 1.93 bits per heavy atom. The second kappa shape index (κ2) is 9.37. The van der Waals surface area contributed by atoms with Crippen LogP contribution in [-0.2, 0) is 19.6 Å². The van der Waals surface area contributed by atoms with E-state index in [2.05, 4.69) is 11.4 Å². The Morgan fingerprint density at radius 1 is 1.28 bits per heavy atom. The van der Waals surface area contributed by atoms with Crippen molar-refractivity contribution in [2.75, 3.05) is 13.7 Å². The molecule has 0 aromatic heterocycles. The summed E-state index contributed by atoms with van der Waals surface area (Å²) in [5.41, 5.74) is -0.874. The maximum absolute atomic E-state index is 12.6. The highest BCUT2D eigenvalue weighted by Crippen LogP contribution is 2.27. The second-order valence-electron chi connectivity index (χ2n) is 7.52. The van der Waals surface area contributed by atoms with E-state index in [1.54, 1.807) is 13.8 Å². The smallest absolute Gasteiger partial charge is 0.338 e. The summed E-state index contributed by atoms with van der Waals surface area (Å²) in [4.78, 5) is 24.4. The Morgan fingerprint density at radius 3 is 2.52 bits per heavy atom. The molecule has 0 spiro atoms.